The molecule has 0 saturated heterocycles. The van der Waals surface area contributed by atoms with Crippen molar-refractivity contribution in [3.63, 3.8) is 0 Å². The zero-order valence-corrected chi connectivity index (χ0v) is 12.3. The first-order chi connectivity index (χ1) is 10.5. The molecule has 4 nitrogen and oxygen atoms in total. The number of aryl methyl sites for hydroxylation is 1. The average Bonchev–Trinajstić information content (AvgIpc) is 2.47. The van der Waals surface area contributed by atoms with Crippen molar-refractivity contribution in [3.8, 4) is 11.3 Å². The summed E-state index contributed by atoms with van der Waals surface area (Å²) in [6, 6.07) is 11.5. The Balaban J connectivity index is 2.41. The van der Waals surface area contributed by atoms with Gasteiger partial charge in [-0.05, 0) is 48.9 Å². The highest BCUT2D eigenvalue weighted by atomic mass is 35.5. The van der Waals surface area contributed by atoms with Crippen molar-refractivity contribution >= 4 is 28.5 Å². The maximum atomic E-state index is 12.5. The monoisotopic (exact) mass is 314 g/mol. The maximum absolute atomic E-state index is 12.5. The zero-order chi connectivity index (χ0) is 15.9. The van der Waals surface area contributed by atoms with E-state index in [0.717, 1.165) is 5.56 Å². The van der Waals surface area contributed by atoms with Crippen LogP contribution in [0.3, 0.4) is 0 Å². The van der Waals surface area contributed by atoms with Crippen LogP contribution in [0.2, 0.25) is 5.02 Å². The van der Waals surface area contributed by atoms with Gasteiger partial charge in [0, 0.05) is 10.6 Å². The molecule has 5 heteroatoms. The highest BCUT2D eigenvalue weighted by Crippen LogP contribution is 2.27. The van der Waals surface area contributed by atoms with Crippen molar-refractivity contribution < 1.29 is 14.3 Å². The predicted octanol–water partition coefficient (Wildman–Crippen LogP) is 4.12. The van der Waals surface area contributed by atoms with Gasteiger partial charge >= 0.3 is 5.97 Å². The Morgan fingerprint density at radius 1 is 1.14 bits per heavy atom. The van der Waals surface area contributed by atoms with Crippen LogP contribution < -0.4 is 5.43 Å². The van der Waals surface area contributed by atoms with Crippen LogP contribution >= 0.6 is 11.6 Å². The van der Waals surface area contributed by atoms with Gasteiger partial charge in [-0.15, -0.1) is 0 Å². The molecule has 0 aliphatic rings. The Hall–Kier alpha value is -2.59. The van der Waals surface area contributed by atoms with Gasteiger partial charge < -0.3 is 9.52 Å². The smallest absolute Gasteiger partial charge is 0.343 e. The van der Waals surface area contributed by atoms with Crippen LogP contribution in [-0.2, 0) is 0 Å². The number of carboxylic acids is 1. The van der Waals surface area contributed by atoms with Gasteiger partial charge in [0.1, 0.15) is 5.58 Å². The Bertz CT molecular complexity index is 939. The Morgan fingerprint density at radius 3 is 2.45 bits per heavy atom. The molecule has 0 aliphatic heterocycles. The highest BCUT2D eigenvalue weighted by molar-refractivity contribution is 6.30. The fourth-order valence-corrected chi connectivity index (χ4v) is 2.43. The lowest BCUT2D eigenvalue weighted by Gasteiger charge is -2.08. The normalized spacial score (nSPS) is 10.8. The SMILES string of the molecule is Cc1ccc2c(=O)c(C(=O)O)c(-c3ccc(Cl)cc3)oc2c1. The first-order valence-corrected chi connectivity index (χ1v) is 6.92. The predicted molar refractivity (Wildman–Crippen MR) is 84.6 cm³/mol. The van der Waals surface area contributed by atoms with Gasteiger partial charge in [-0.1, -0.05) is 17.7 Å². The minimum atomic E-state index is -1.32. The summed E-state index contributed by atoms with van der Waals surface area (Å²) in [7, 11) is 0. The second-order valence-electron chi connectivity index (χ2n) is 4.95. The molecule has 0 amide bonds. The quantitative estimate of drug-likeness (QED) is 0.772. The number of carboxylic acid groups (broad SMARTS) is 1. The first kappa shape index (κ1) is 14.4. The van der Waals surface area contributed by atoms with Crippen molar-refractivity contribution in [1.82, 2.24) is 0 Å². The van der Waals surface area contributed by atoms with E-state index in [1.807, 2.05) is 6.92 Å². The van der Waals surface area contributed by atoms with E-state index in [0.29, 0.717) is 16.2 Å². The van der Waals surface area contributed by atoms with Crippen LogP contribution in [0.15, 0.2) is 51.7 Å². The average molecular weight is 315 g/mol. The zero-order valence-electron chi connectivity index (χ0n) is 11.6. The largest absolute Gasteiger partial charge is 0.477 e. The number of aromatic carboxylic acids is 1. The second kappa shape index (κ2) is 5.31. The van der Waals surface area contributed by atoms with Gasteiger partial charge in [0.15, 0.2) is 11.3 Å². The molecule has 1 heterocycles. The van der Waals surface area contributed by atoms with Crippen LogP contribution in [0.1, 0.15) is 15.9 Å². The molecule has 0 radical (unpaired) electrons. The van der Waals surface area contributed by atoms with E-state index in [9.17, 15) is 14.7 Å². The van der Waals surface area contributed by atoms with Crippen molar-refractivity contribution in [2.75, 3.05) is 0 Å². The molecule has 0 saturated carbocycles. The number of benzene rings is 2. The maximum Gasteiger partial charge on any atom is 0.343 e. The molecule has 1 aromatic heterocycles. The minimum absolute atomic E-state index is 0.0345. The molecule has 22 heavy (non-hydrogen) atoms. The van der Waals surface area contributed by atoms with Crippen molar-refractivity contribution in [3.05, 3.63) is 68.8 Å². The number of carbonyl (C=O) groups is 1. The summed E-state index contributed by atoms with van der Waals surface area (Å²) in [5, 5.41) is 10.2. The Morgan fingerprint density at radius 2 is 1.82 bits per heavy atom. The lowest BCUT2D eigenvalue weighted by molar-refractivity contribution is 0.0694. The van der Waals surface area contributed by atoms with E-state index < -0.39 is 11.4 Å². The lowest BCUT2D eigenvalue weighted by Crippen LogP contribution is -2.16. The molecule has 0 fully saturated rings. The molecule has 110 valence electrons. The summed E-state index contributed by atoms with van der Waals surface area (Å²) in [5.41, 5.74) is 0.834. The van der Waals surface area contributed by atoms with Gasteiger partial charge in [-0.25, -0.2) is 4.79 Å². The van der Waals surface area contributed by atoms with Gasteiger partial charge in [-0.3, -0.25) is 4.79 Å². The molecule has 3 rings (SSSR count). The summed E-state index contributed by atoms with van der Waals surface area (Å²) in [4.78, 5) is 24.0. The highest BCUT2D eigenvalue weighted by Gasteiger charge is 2.21. The number of halogens is 1. The topological polar surface area (TPSA) is 67.5 Å². The molecule has 0 bridgehead atoms. The van der Waals surface area contributed by atoms with Gasteiger partial charge in [0.2, 0.25) is 5.43 Å². The number of rotatable bonds is 2. The molecule has 0 aliphatic carbocycles. The van der Waals surface area contributed by atoms with Gasteiger partial charge in [0.25, 0.3) is 0 Å². The second-order valence-corrected chi connectivity index (χ2v) is 5.38. The molecule has 2 aromatic carbocycles. The van der Waals surface area contributed by atoms with Crippen LogP contribution in [0, 0.1) is 6.92 Å². The third-order valence-corrected chi connectivity index (χ3v) is 3.62. The molecular weight excluding hydrogens is 304 g/mol. The molecule has 0 spiro atoms. The Kier molecular flexibility index (Phi) is 3.47. The molecule has 1 N–H and O–H groups in total. The molecule has 3 aromatic rings. The molecule has 0 unspecified atom stereocenters. The number of hydrogen-bond donors (Lipinski definition) is 1. The Labute approximate surface area is 130 Å². The molecular formula is C17H11ClO4. The fraction of sp³-hybridized carbons (Fsp3) is 0.0588. The first-order valence-electron chi connectivity index (χ1n) is 6.54. The summed E-state index contributed by atoms with van der Waals surface area (Å²) in [6.07, 6.45) is 0. The van der Waals surface area contributed by atoms with Crippen molar-refractivity contribution in [2.45, 2.75) is 6.92 Å². The summed E-state index contributed by atoms with van der Waals surface area (Å²) in [6.45, 7) is 1.87. The van der Waals surface area contributed by atoms with Gasteiger partial charge in [-0.2, -0.15) is 0 Å². The van der Waals surface area contributed by atoms with Crippen molar-refractivity contribution in [1.29, 1.82) is 0 Å². The third-order valence-electron chi connectivity index (χ3n) is 3.37. The number of hydrogen-bond acceptors (Lipinski definition) is 3. The summed E-state index contributed by atoms with van der Waals surface area (Å²) in [5.74, 6) is -1.28. The van der Waals surface area contributed by atoms with E-state index in [1.54, 1.807) is 42.5 Å². The summed E-state index contributed by atoms with van der Waals surface area (Å²) < 4.78 is 5.72. The van der Waals surface area contributed by atoms with Gasteiger partial charge in [0.05, 0.1) is 5.39 Å². The summed E-state index contributed by atoms with van der Waals surface area (Å²) >= 11 is 5.84. The molecule has 0 atom stereocenters. The standard InChI is InChI=1S/C17H11ClO4/c1-9-2-7-12-13(8-9)22-16(14(15(12)19)17(20)21)10-3-5-11(18)6-4-10/h2-8H,1H3,(H,20,21). The van der Waals surface area contributed by atoms with Crippen LogP contribution in [-0.4, -0.2) is 11.1 Å². The fourth-order valence-electron chi connectivity index (χ4n) is 2.30. The van der Waals surface area contributed by atoms with Crippen LogP contribution in [0.5, 0.6) is 0 Å². The van der Waals surface area contributed by atoms with E-state index >= 15 is 0 Å². The van der Waals surface area contributed by atoms with Crippen molar-refractivity contribution in [2.24, 2.45) is 0 Å². The van der Waals surface area contributed by atoms with E-state index in [2.05, 4.69) is 0 Å². The minimum Gasteiger partial charge on any atom is -0.477 e. The van der Waals surface area contributed by atoms with Crippen LogP contribution in [0.25, 0.3) is 22.3 Å². The number of fused-ring (bicyclic) bond motifs is 1. The lowest BCUT2D eigenvalue weighted by atomic mass is 10.0. The van der Waals surface area contributed by atoms with E-state index in [-0.39, 0.29) is 16.7 Å². The van der Waals surface area contributed by atoms with E-state index in [4.69, 9.17) is 16.0 Å². The van der Waals surface area contributed by atoms with Crippen LogP contribution in [0.4, 0.5) is 0 Å². The van der Waals surface area contributed by atoms with E-state index in [1.165, 1.54) is 0 Å². The third kappa shape index (κ3) is 2.38.